The zero-order chi connectivity index (χ0) is 17.4. The van der Waals surface area contributed by atoms with Gasteiger partial charge in [0.1, 0.15) is 6.54 Å². The van der Waals surface area contributed by atoms with E-state index in [2.05, 4.69) is 39.3 Å². The van der Waals surface area contributed by atoms with Crippen LogP contribution in [0.25, 0.3) is 0 Å². The molecular weight excluding hydrogens is 314 g/mol. The van der Waals surface area contributed by atoms with Gasteiger partial charge in [0.05, 0.1) is 26.2 Å². The number of nitrogens with one attached hydrogen (secondary N) is 1. The lowest BCUT2D eigenvalue weighted by Gasteiger charge is -2.31. The minimum Gasteiger partial charge on any atom is -0.345 e. The average molecular weight is 340 g/mol. The van der Waals surface area contributed by atoms with Crippen LogP contribution in [0.15, 0.2) is 24.5 Å². The number of carbonyl (C=O) groups is 1. The number of nitrogens with zero attached hydrogens (tertiary/aromatic N) is 4. The van der Waals surface area contributed by atoms with Crippen LogP contribution in [0, 0.1) is 13.8 Å². The number of quaternary nitrogens is 1. The van der Waals surface area contributed by atoms with Crippen molar-refractivity contribution in [3.63, 3.8) is 0 Å². The van der Waals surface area contributed by atoms with Crippen molar-refractivity contribution in [3.05, 3.63) is 41.5 Å². The number of aromatic nitrogens is 3. The number of carbonyl (C=O) groups excluding carboxylic acids is 1. The van der Waals surface area contributed by atoms with Crippen molar-refractivity contribution in [2.75, 3.05) is 37.6 Å². The van der Waals surface area contributed by atoms with Gasteiger partial charge in [0.25, 0.3) is 0 Å². The van der Waals surface area contributed by atoms with Crippen molar-refractivity contribution in [2.24, 2.45) is 0 Å². The molecule has 0 unspecified atom stereocenters. The molecule has 2 aliphatic rings. The van der Waals surface area contributed by atoms with E-state index in [9.17, 15) is 4.79 Å². The van der Waals surface area contributed by atoms with Crippen molar-refractivity contribution >= 4 is 11.7 Å². The Balaban J connectivity index is 1.37. The van der Waals surface area contributed by atoms with Crippen LogP contribution in [0.5, 0.6) is 0 Å². The fraction of sp³-hybridized carbons (Fsp3) is 0.526. The molecule has 6 heteroatoms. The number of ketones is 1. The summed E-state index contributed by atoms with van der Waals surface area (Å²) in [5.74, 6) is 1.07. The molecule has 0 atom stereocenters. The Bertz CT molecular complexity index is 758. The van der Waals surface area contributed by atoms with Crippen LogP contribution < -0.4 is 9.80 Å². The quantitative estimate of drug-likeness (QED) is 0.819. The SMILES string of the molecule is Cc1cc(C(=O)C[NH+]2CCN(c3ncccn3)CC2)c(C)n1C1CC1. The lowest BCUT2D eigenvalue weighted by Crippen LogP contribution is -3.15. The maximum atomic E-state index is 12.8. The molecule has 1 saturated carbocycles. The zero-order valence-electron chi connectivity index (χ0n) is 15.0. The minimum absolute atomic E-state index is 0.277. The Morgan fingerprint density at radius 3 is 2.52 bits per heavy atom. The van der Waals surface area contributed by atoms with Gasteiger partial charge in [0.2, 0.25) is 11.7 Å². The molecule has 4 rings (SSSR count). The molecule has 1 aliphatic carbocycles. The van der Waals surface area contributed by atoms with Gasteiger partial charge >= 0.3 is 0 Å². The van der Waals surface area contributed by atoms with E-state index in [1.807, 2.05) is 6.07 Å². The fourth-order valence-electron chi connectivity index (χ4n) is 3.93. The predicted octanol–water partition coefficient (Wildman–Crippen LogP) is 0.818. The molecule has 6 nitrogen and oxygen atoms in total. The largest absolute Gasteiger partial charge is 0.345 e. The summed E-state index contributed by atoms with van der Waals surface area (Å²) in [5.41, 5.74) is 3.30. The summed E-state index contributed by atoms with van der Waals surface area (Å²) >= 11 is 0. The van der Waals surface area contributed by atoms with Gasteiger partial charge in [-0.05, 0) is 38.8 Å². The first-order chi connectivity index (χ1) is 12.1. The maximum Gasteiger partial charge on any atom is 0.225 e. The second-order valence-corrected chi connectivity index (χ2v) is 7.27. The van der Waals surface area contributed by atoms with Crippen LogP contribution in [0.3, 0.4) is 0 Å². The zero-order valence-corrected chi connectivity index (χ0v) is 15.0. The van der Waals surface area contributed by atoms with Crippen LogP contribution in [-0.4, -0.2) is 53.0 Å². The topological polar surface area (TPSA) is 55.5 Å². The highest BCUT2D eigenvalue weighted by molar-refractivity contribution is 5.98. The normalized spacial score (nSPS) is 18.6. The highest BCUT2D eigenvalue weighted by Crippen LogP contribution is 2.38. The Morgan fingerprint density at radius 2 is 1.88 bits per heavy atom. The summed E-state index contributed by atoms with van der Waals surface area (Å²) < 4.78 is 2.35. The number of aryl methyl sites for hydroxylation is 1. The van der Waals surface area contributed by atoms with E-state index in [0.717, 1.165) is 43.4 Å². The van der Waals surface area contributed by atoms with Crippen LogP contribution in [0.1, 0.15) is 40.6 Å². The van der Waals surface area contributed by atoms with E-state index in [-0.39, 0.29) is 5.78 Å². The van der Waals surface area contributed by atoms with Gasteiger partial charge in [0.15, 0.2) is 0 Å². The molecule has 2 fully saturated rings. The van der Waals surface area contributed by atoms with Gasteiger partial charge in [-0.3, -0.25) is 4.79 Å². The van der Waals surface area contributed by atoms with Crippen molar-refractivity contribution in [1.82, 2.24) is 14.5 Å². The van der Waals surface area contributed by atoms with E-state index < -0.39 is 0 Å². The summed E-state index contributed by atoms with van der Waals surface area (Å²) in [6, 6.07) is 4.55. The highest BCUT2D eigenvalue weighted by Gasteiger charge is 2.30. The molecule has 0 aromatic carbocycles. The van der Waals surface area contributed by atoms with E-state index >= 15 is 0 Å². The summed E-state index contributed by atoms with van der Waals surface area (Å²) in [7, 11) is 0. The molecular formula is C19H26N5O+. The van der Waals surface area contributed by atoms with Crippen molar-refractivity contribution < 1.29 is 9.69 Å². The number of rotatable bonds is 5. The second-order valence-electron chi connectivity index (χ2n) is 7.27. The van der Waals surface area contributed by atoms with Gasteiger partial charge in [0, 0.05) is 35.4 Å². The highest BCUT2D eigenvalue weighted by atomic mass is 16.1. The number of Topliss-reactive ketones (excluding diaryl/α,β-unsaturated/α-hetero) is 1. The number of piperazine rings is 1. The Hall–Kier alpha value is -2.21. The van der Waals surface area contributed by atoms with Crippen LogP contribution in [0.2, 0.25) is 0 Å². The smallest absolute Gasteiger partial charge is 0.225 e. The monoisotopic (exact) mass is 340 g/mol. The fourth-order valence-corrected chi connectivity index (χ4v) is 3.93. The number of anilines is 1. The van der Waals surface area contributed by atoms with E-state index in [1.165, 1.54) is 23.4 Å². The maximum absolute atomic E-state index is 12.8. The molecule has 1 N–H and O–H groups in total. The summed E-state index contributed by atoms with van der Waals surface area (Å²) in [6.45, 7) is 8.49. The van der Waals surface area contributed by atoms with E-state index in [1.54, 1.807) is 12.4 Å². The molecule has 1 aliphatic heterocycles. The lowest BCUT2D eigenvalue weighted by atomic mass is 10.1. The summed E-state index contributed by atoms with van der Waals surface area (Å²) in [5, 5.41) is 0. The summed E-state index contributed by atoms with van der Waals surface area (Å²) in [6.07, 6.45) is 6.05. The average Bonchev–Trinajstić information content (AvgIpc) is 3.41. The molecule has 0 amide bonds. The van der Waals surface area contributed by atoms with Crippen LogP contribution in [0.4, 0.5) is 5.95 Å². The Labute approximate surface area is 148 Å². The molecule has 1 saturated heterocycles. The first-order valence-electron chi connectivity index (χ1n) is 9.20. The van der Waals surface area contributed by atoms with Crippen LogP contribution >= 0.6 is 0 Å². The summed E-state index contributed by atoms with van der Waals surface area (Å²) in [4.78, 5) is 25.0. The minimum atomic E-state index is 0.277. The standard InChI is InChI=1S/C19H25N5O/c1-14-12-17(15(2)24(14)16-4-5-16)18(25)13-22-8-10-23(11-9-22)19-20-6-3-7-21-19/h3,6-7,12,16H,4-5,8-11,13H2,1-2H3/p+1. The van der Waals surface area contributed by atoms with Crippen molar-refractivity contribution in [1.29, 1.82) is 0 Å². The van der Waals surface area contributed by atoms with E-state index in [0.29, 0.717) is 12.6 Å². The van der Waals surface area contributed by atoms with Crippen LogP contribution in [-0.2, 0) is 0 Å². The third kappa shape index (κ3) is 3.31. The molecule has 0 spiro atoms. The van der Waals surface area contributed by atoms with Gasteiger partial charge in [-0.2, -0.15) is 0 Å². The third-order valence-corrected chi connectivity index (χ3v) is 5.41. The molecule has 0 bridgehead atoms. The van der Waals surface area contributed by atoms with Crippen molar-refractivity contribution in [3.8, 4) is 0 Å². The number of hydrogen-bond donors (Lipinski definition) is 1. The lowest BCUT2D eigenvalue weighted by molar-refractivity contribution is -0.892. The number of hydrogen-bond acceptors (Lipinski definition) is 4. The molecule has 3 heterocycles. The molecule has 132 valence electrons. The first kappa shape index (κ1) is 16.3. The molecule has 25 heavy (non-hydrogen) atoms. The molecule has 2 aromatic heterocycles. The molecule has 0 radical (unpaired) electrons. The Morgan fingerprint density at radius 1 is 1.20 bits per heavy atom. The Kier molecular flexibility index (Phi) is 4.29. The first-order valence-corrected chi connectivity index (χ1v) is 9.20. The molecule has 2 aromatic rings. The van der Waals surface area contributed by atoms with Gasteiger partial charge in [-0.25, -0.2) is 9.97 Å². The predicted molar refractivity (Wildman–Crippen MR) is 96.3 cm³/mol. The van der Waals surface area contributed by atoms with Gasteiger partial charge in [-0.1, -0.05) is 0 Å². The third-order valence-electron chi connectivity index (χ3n) is 5.41. The second kappa shape index (κ2) is 6.59. The van der Waals surface area contributed by atoms with E-state index in [4.69, 9.17) is 0 Å². The van der Waals surface area contributed by atoms with Gasteiger partial charge in [-0.15, -0.1) is 0 Å². The van der Waals surface area contributed by atoms with Crippen molar-refractivity contribution in [2.45, 2.75) is 32.7 Å². The van der Waals surface area contributed by atoms with Gasteiger partial charge < -0.3 is 14.4 Å².